The Balaban J connectivity index is 2.15. The third-order valence-corrected chi connectivity index (χ3v) is 2.73. The minimum absolute atomic E-state index is 0.741. The van der Waals surface area contributed by atoms with E-state index < -0.39 is 0 Å². The summed E-state index contributed by atoms with van der Waals surface area (Å²) in [5.74, 6) is 0. The molecular weight excluding hydrogens is 240 g/mol. The molecule has 0 atom stereocenters. The zero-order chi connectivity index (χ0) is 8.81. The largest absolute Gasteiger partial charge is 0.383 e. The fourth-order valence-corrected chi connectivity index (χ4v) is 1.80. The first kappa shape index (κ1) is 10.1. The van der Waals surface area contributed by atoms with E-state index in [0.29, 0.717) is 0 Å². The minimum Gasteiger partial charge on any atom is -0.383 e. The molecule has 68 valence electrons. The van der Waals surface area contributed by atoms with Crippen molar-refractivity contribution in [3.05, 3.63) is 15.0 Å². The Kier molecular flexibility index (Phi) is 4.75. The molecule has 0 aliphatic carbocycles. The summed E-state index contributed by atoms with van der Waals surface area (Å²) < 4.78 is 5.83. The second-order valence-electron chi connectivity index (χ2n) is 2.26. The van der Waals surface area contributed by atoms with Gasteiger partial charge in [-0.2, -0.15) is 0 Å². The molecule has 0 amide bonds. The maximum Gasteiger partial charge on any atom is 0.159 e. The molecule has 0 bridgehead atoms. The lowest BCUT2D eigenvalue weighted by Crippen LogP contribution is -2.18. The highest BCUT2D eigenvalue weighted by atomic mass is 79.9. The number of halogens is 1. The highest BCUT2D eigenvalue weighted by Gasteiger charge is 1.97. The molecule has 1 rings (SSSR count). The second kappa shape index (κ2) is 5.64. The molecular formula is C7H11BrN2OS. The van der Waals surface area contributed by atoms with Gasteiger partial charge < -0.3 is 10.1 Å². The molecule has 1 aromatic heterocycles. The molecule has 0 aliphatic rings. The Morgan fingerprint density at radius 1 is 1.75 bits per heavy atom. The maximum atomic E-state index is 4.90. The summed E-state index contributed by atoms with van der Waals surface area (Å²) in [7, 11) is 1.70. The first-order valence-corrected chi connectivity index (χ1v) is 5.29. The Morgan fingerprint density at radius 2 is 2.58 bits per heavy atom. The van der Waals surface area contributed by atoms with Crippen LogP contribution in [0, 0.1) is 0 Å². The monoisotopic (exact) mass is 250 g/mol. The van der Waals surface area contributed by atoms with E-state index in [-0.39, 0.29) is 0 Å². The average molecular weight is 251 g/mol. The van der Waals surface area contributed by atoms with Crippen molar-refractivity contribution in [1.29, 1.82) is 0 Å². The Hall–Kier alpha value is 0.0300. The average Bonchev–Trinajstić information content (AvgIpc) is 2.45. The van der Waals surface area contributed by atoms with Crippen molar-refractivity contribution in [3.63, 3.8) is 0 Å². The van der Waals surface area contributed by atoms with Crippen molar-refractivity contribution < 1.29 is 4.74 Å². The van der Waals surface area contributed by atoms with Crippen molar-refractivity contribution in [2.24, 2.45) is 0 Å². The highest BCUT2D eigenvalue weighted by molar-refractivity contribution is 9.11. The van der Waals surface area contributed by atoms with Gasteiger partial charge in [0.25, 0.3) is 0 Å². The summed E-state index contributed by atoms with van der Waals surface area (Å²) in [6.07, 6.45) is 0. The van der Waals surface area contributed by atoms with Gasteiger partial charge in [-0.3, -0.25) is 0 Å². The van der Waals surface area contributed by atoms with E-state index in [1.807, 2.05) is 5.38 Å². The third kappa shape index (κ3) is 3.62. The summed E-state index contributed by atoms with van der Waals surface area (Å²) in [6.45, 7) is 2.42. The lowest BCUT2D eigenvalue weighted by Gasteiger charge is -1.99. The molecule has 0 saturated heterocycles. The molecule has 1 heterocycles. The highest BCUT2D eigenvalue weighted by Crippen LogP contribution is 2.15. The summed E-state index contributed by atoms with van der Waals surface area (Å²) in [4.78, 5) is 4.24. The Labute approximate surface area is 84.3 Å². The normalized spacial score (nSPS) is 10.5. The molecule has 0 radical (unpaired) electrons. The fourth-order valence-electron chi connectivity index (χ4n) is 0.754. The number of aromatic nitrogens is 1. The maximum absolute atomic E-state index is 4.90. The Morgan fingerprint density at radius 3 is 3.17 bits per heavy atom. The number of rotatable bonds is 5. The van der Waals surface area contributed by atoms with E-state index in [1.54, 1.807) is 18.4 Å². The molecule has 1 N–H and O–H groups in total. The topological polar surface area (TPSA) is 34.1 Å². The lowest BCUT2D eigenvalue weighted by molar-refractivity contribution is 0.199. The summed E-state index contributed by atoms with van der Waals surface area (Å²) >= 11 is 4.91. The standard InChI is InChI=1S/C7H11BrN2OS/c1-11-3-2-9-4-6-5-12-7(8)10-6/h5,9H,2-4H2,1H3. The minimum atomic E-state index is 0.741. The van der Waals surface area contributed by atoms with Gasteiger partial charge in [-0.15, -0.1) is 11.3 Å². The molecule has 0 aromatic carbocycles. The van der Waals surface area contributed by atoms with Crippen LogP contribution < -0.4 is 5.32 Å². The van der Waals surface area contributed by atoms with Gasteiger partial charge in [-0.05, 0) is 15.9 Å². The van der Waals surface area contributed by atoms with Crippen LogP contribution in [0.1, 0.15) is 5.69 Å². The smallest absolute Gasteiger partial charge is 0.159 e. The van der Waals surface area contributed by atoms with Crippen molar-refractivity contribution >= 4 is 27.3 Å². The van der Waals surface area contributed by atoms with E-state index >= 15 is 0 Å². The van der Waals surface area contributed by atoms with E-state index in [2.05, 4.69) is 26.2 Å². The molecule has 0 aliphatic heterocycles. The van der Waals surface area contributed by atoms with Crippen LogP contribution in [0.2, 0.25) is 0 Å². The van der Waals surface area contributed by atoms with Crippen LogP contribution in [0.4, 0.5) is 0 Å². The van der Waals surface area contributed by atoms with Crippen molar-refractivity contribution in [1.82, 2.24) is 10.3 Å². The van der Waals surface area contributed by atoms with E-state index in [1.165, 1.54) is 0 Å². The summed E-state index contributed by atoms with van der Waals surface area (Å²) in [6, 6.07) is 0. The van der Waals surface area contributed by atoms with Crippen molar-refractivity contribution in [2.45, 2.75) is 6.54 Å². The van der Waals surface area contributed by atoms with Gasteiger partial charge >= 0.3 is 0 Å². The van der Waals surface area contributed by atoms with Gasteiger partial charge in [0.2, 0.25) is 0 Å². The Bertz CT molecular complexity index is 229. The molecule has 3 nitrogen and oxygen atoms in total. The number of nitrogens with zero attached hydrogens (tertiary/aromatic N) is 1. The van der Waals surface area contributed by atoms with Crippen LogP contribution in [0.25, 0.3) is 0 Å². The van der Waals surface area contributed by atoms with Crippen LogP contribution in [0.3, 0.4) is 0 Å². The van der Waals surface area contributed by atoms with E-state index in [9.17, 15) is 0 Å². The quantitative estimate of drug-likeness (QED) is 0.808. The number of thiazole rings is 1. The SMILES string of the molecule is COCCNCc1csc(Br)n1. The molecule has 12 heavy (non-hydrogen) atoms. The van der Waals surface area contributed by atoms with Gasteiger partial charge in [0, 0.05) is 25.6 Å². The first-order valence-electron chi connectivity index (χ1n) is 3.62. The zero-order valence-electron chi connectivity index (χ0n) is 6.84. The van der Waals surface area contributed by atoms with Crippen LogP contribution in [0.15, 0.2) is 9.30 Å². The van der Waals surface area contributed by atoms with Gasteiger partial charge in [0.15, 0.2) is 3.92 Å². The van der Waals surface area contributed by atoms with Crippen LogP contribution in [0.5, 0.6) is 0 Å². The summed E-state index contributed by atoms with van der Waals surface area (Å²) in [5, 5.41) is 5.25. The van der Waals surface area contributed by atoms with E-state index in [4.69, 9.17) is 4.74 Å². The molecule has 5 heteroatoms. The molecule has 1 aromatic rings. The van der Waals surface area contributed by atoms with Gasteiger partial charge in [-0.1, -0.05) is 0 Å². The van der Waals surface area contributed by atoms with Gasteiger partial charge in [0.1, 0.15) is 0 Å². The van der Waals surface area contributed by atoms with Crippen molar-refractivity contribution in [2.75, 3.05) is 20.3 Å². The van der Waals surface area contributed by atoms with Gasteiger partial charge in [0.05, 0.1) is 12.3 Å². The zero-order valence-corrected chi connectivity index (χ0v) is 9.24. The first-order chi connectivity index (χ1) is 5.83. The number of hydrogen-bond donors (Lipinski definition) is 1. The van der Waals surface area contributed by atoms with Crippen molar-refractivity contribution in [3.8, 4) is 0 Å². The number of hydrogen-bond acceptors (Lipinski definition) is 4. The second-order valence-corrected chi connectivity index (χ2v) is 4.40. The molecule has 0 fully saturated rings. The van der Waals surface area contributed by atoms with Crippen LogP contribution >= 0.6 is 27.3 Å². The third-order valence-electron chi connectivity index (χ3n) is 1.31. The lowest BCUT2D eigenvalue weighted by atomic mass is 10.5. The summed E-state index contributed by atoms with van der Waals surface area (Å²) in [5.41, 5.74) is 1.07. The molecule has 0 unspecified atom stereocenters. The van der Waals surface area contributed by atoms with Crippen LogP contribution in [-0.4, -0.2) is 25.2 Å². The fraction of sp³-hybridized carbons (Fsp3) is 0.571. The predicted octanol–water partition coefficient (Wildman–Crippen LogP) is 1.64. The van der Waals surface area contributed by atoms with Crippen LogP contribution in [-0.2, 0) is 11.3 Å². The molecule has 0 saturated carbocycles. The van der Waals surface area contributed by atoms with Gasteiger partial charge in [-0.25, -0.2) is 4.98 Å². The molecule has 0 spiro atoms. The van der Waals surface area contributed by atoms with E-state index in [0.717, 1.165) is 29.3 Å². The predicted molar refractivity (Wildman–Crippen MR) is 53.4 cm³/mol. The number of nitrogens with one attached hydrogen (secondary N) is 1. The number of ether oxygens (including phenoxy) is 1. The number of methoxy groups -OCH3 is 1.